The Hall–Kier alpha value is -2.40. The molecule has 0 saturated carbocycles. The molecule has 0 amide bonds. The van der Waals surface area contributed by atoms with Gasteiger partial charge < -0.3 is 0 Å². The lowest BCUT2D eigenvalue weighted by molar-refractivity contribution is 1.46. The van der Waals surface area contributed by atoms with Gasteiger partial charge in [0.15, 0.2) is 0 Å². The normalized spacial score (nSPS) is 10.2. The van der Waals surface area contributed by atoms with Gasteiger partial charge in [-0.2, -0.15) is 5.26 Å². The van der Waals surface area contributed by atoms with Gasteiger partial charge >= 0.3 is 0 Å². The molecule has 16 heavy (non-hydrogen) atoms. The number of rotatable bonds is 2. The van der Waals surface area contributed by atoms with Crippen molar-refractivity contribution in [3.05, 3.63) is 65.7 Å². The molecule has 2 aromatic rings. The van der Waals surface area contributed by atoms with Crippen LogP contribution in [0.2, 0.25) is 0 Å². The van der Waals surface area contributed by atoms with Gasteiger partial charge in [0.25, 0.3) is 0 Å². The maximum atomic E-state index is 8.90. The molecule has 0 N–H and O–H groups in total. The van der Waals surface area contributed by atoms with E-state index in [2.05, 4.69) is 11.1 Å². The Morgan fingerprint density at radius 3 is 2.38 bits per heavy atom. The maximum Gasteiger partial charge on any atom is 0.0998 e. The fraction of sp³-hybridized carbons (Fsp3) is 0. The standard InChI is InChI=1S/C14H10N2/c15-10-12-6-4-5-7-13(12)11-16-14-8-2-1-3-9-14/h1-9,11H/b16-11+. The smallest absolute Gasteiger partial charge is 0.0998 e. The molecule has 0 saturated heterocycles. The summed E-state index contributed by atoms with van der Waals surface area (Å²) in [6.45, 7) is 0. The van der Waals surface area contributed by atoms with E-state index < -0.39 is 0 Å². The molecule has 0 aromatic heterocycles. The highest BCUT2D eigenvalue weighted by Crippen LogP contribution is 2.11. The molecule has 76 valence electrons. The number of nitriles is 1. The van der Waals surface area contributed by atoms with Crippen LogP contribution >= 0.6 is 0 Å². The molecule has 0 aliphatic heterocycles. The minimum Gasteiger partial charge on any atom is -0.256 e. The predicted molar refractivity (Wildman–Crippen MR) is 64.9 cm³/mol. The molecule has 2 heteroatoms. The molecule has 0 aliphatic rings. The van der Waals surface area contributed by atoms with E-state index in [9.17, 15) is 0 Å². The fourth-order valence-corrected chi connectivity index (χ4v) is 1.37. The zero-order chi connectivity index (χ0) is 11.2. The molecule has 2 rings (SSSR count). The molecular weight excluding hydrogens is 196 g/mol. The van der Waals surface area contributed by atoms with E-state index in [1.54, 1.807) is 12.3 Å². The van der Waals surface area contributed by atoms with Crippen molar-refractivity contribution in [1.29, 1.82) is 5.26 Å². The summed E-state index contributed by atoms with van der Waals surface area (Å²) in [7, 11) is 0. The highest BCUT2D eigenvalue weighted by molar-refractivity contribution is 5.85. The minimum atomic E-state index is 0.641. The fourth-order valence-electron chi connectivity index (χ4n) is 1.37. The van der Waals surface area contributed by atoms with Crippen LogP contribution in [0.3, 0.4) is 0 Å². The van der Waals surface area contributed by atoms with E-state index in [1.165, 1.54) is 0 Å². The van der Waals surface area contributed by atoms with Crippen LogP contribution in [0.25, 0.3) is 0 Å². The van der Waals surface area contributed by atoms with Crippen molar-refractivity contribution in [1.82, 2.24) is 0 Å². The van der Waals surface area contributed by atoms with Gasteiger partial charge in [-0.05, 0) is 18.2 Å². The Balaban J connectivity index is 2.28. The summed E-state index contributed by atoms with van der Waals surface area (Å²) in [6.07, 6.45) is 1.72. The number of nitrogens with zero attached hydrogens (tertiary/aromatic N) is 2. The van der Waals surface area contributed by atoms with Gasteiger partial charge in [-0.1, -0.05) is 36.4 Å². The summed E-state index contributed by atoms with van der Waals surface area (Å²) in [5.41, 5.74) is 2.37. The molecule has 0 bridgehead atoms. The molecule has 2 nitrogen and oxygen atoms in total. The quantitative estimate of drug-likeness (QED) is 0.694. The molecule has 0 heterocycles. The number of hydrogen-bond acceptors (Lipinski definition) is 2. The predicted octanol–water partition coefficient (Wildman–Crippen LogP) is 3.31. The molecule has 0 spiro atoms. The summed E-state index contributed by atoms with van der Waals surface area (Å²) in [6, 6.07) is 19.2. The van der Waals surface area contributed by atoms with Crippen molar-refractivity contribution in [2.45, 2.75) is 0 Å². The lowest BCUT2D eigenvalue weighted by atomic mass is 10.1. The van der Waals surface area contributed by atoms with Gasteiger partial charge in [0, 0.05) is 11.8 Å². The second-order valence-electron chi connectivity index (χ2n) is 3.29. The number of benzene rings is 2. The zero-order valence-electron chi connectivity index (χ0n) is 8.67. The minimum absolute atomic E-state index is 0.641. The van der Waals surface area contributed by atoms with Crippen molar-refractivity contribution in [2.75, 3.05) is 0 Å². The lowest BCUT2D eigenvalue weighted by Gasteiger charge is -1.96. The van der Waals surface area contributed by atoms with Crippen LogP contribution in [0.4, 0.5) is 5.69 Å². The number of hydrogen-bond donors (Lipinski definition) is 0. The van der Waals surface area contributed by atoms with Crippen LogP contribution in [-0.2, 0) is 0 Å². The van der Waals surface area contributed by atoms with Crippen molar-refractivity contribution in [3.63, 3.8) is 0 Å². The monoisotopic (exact) mass is 206 g/mol. The van der Waals surface area contributed by atoms with Crippen LogP contribution in [0.15, 0.2) is 59.6 Å². The Morgan fingerprint density at radius 1 is 0.938 bits per heavy atom. The second-order valence-corrected chi connectivity index (χ2v) is 3.29. The first-order chi connectivity index (χ1) is 7.90. The molecule has 0 aliphatic carbocycles. The molecule has 0 radical (unpaired) electrons. The van der Waals surface area contributed by atoms with E-state index in [1.807, 2.05) is 48.5 Å². The molecule has 0 fully saturated rings. The first kappa shape index (κ1) is 10.1. The Morgan fingerprint density at radius 2 is 1.62 bits per heavy atom. The van der Waals surface area contributed by atoms with Crippen LogP contribution in [-0.4, -0.2) is 6.21 Å². The van der Waals surface area contributed by atoms with Gasteiger partial charge in [0.2, 0.25) is 0 Å². The summed E-state index contributed by atoms with van der Waals surface area (Å²) in [4.78, 5) is 4.31. The summed E-state index contributed by atoms with van der Waals surface area (Å²) < 4.78 is 0. The van der Waals surface area contributed by atoms with Gasteiger partial charge in [0.05, 0.1) is 17.3 Å². The Labute approximate surface area is 94.5 Å². The zero-order valence-corrected chi connectivity index (χ0v) is 8.67. The van der Waals surface area contributed by atoms with Gasteiger partial charge in [-0.15, -0.1) is 0 Å². The average Bonchev–Trinajstić information content (AvgIpc) is 2.38. The van der Waals surface area contributed by atoms with Crippen molar-refractivity contribution >= 4 is 11.9 Å². The SMILES string of the molecule is N#Cc1ccccc1/C=N/c1ccccc1. The van der Waals surface area contributed by atoms with Crippen LogP contribution in [0.1, 0.15) is 11.1 Å². The van der Waals surface area contributed by atoms with Crippen molar-refractivity contribution in [3.8, 4) is 6.07 Å². The van der Waals surface area contributed by atoms with Crippen LogP contribution in [0, 0.1) is 11.3 Å². The largest absolute Gasteiger partial charge is 0.256 e. The van der Waals surface area contributed by atoms with Gasteiger partial charge in [-0.25, -0.2) is 0 Å². The third-order valence-electron chi connectivity index (χ3n) is 2.19. The Bertz CT molecular complexity index is 536. The van der Waals surface area contributed by atoms with Crippen LogP contribution < -0.4 is 0 Å². The van der Waals surface area contributed by atoms with Crippen molar-refractivity contribution < 1.29 is 0 Å². The highest BCUT2D eigenvalue weighted by Gasteiger charge is 1.96. The van der Waals surface area contributed by atoms with Gasteiger partial charge in [-0.3, -0.25) is 4.99 Å². The Kier molecular flexibility index (Phi) is 3.10. The van der Waals surface area contributed by atoms with E-state index in [0.717, 1.165) is 11.3 Å². The molecule has 0 unspecified atom stereocenters. The van der Waals surface area contributed by atoms with E-state index in [0.29, 0.717) is 5.56 Å². The van der Waals surface area contributed by atoms with Crippen LogP contribution in [0.5, 0.6) is 0 Å². The lowest BCUT2D eigenvalue weighted by Crippen LogP contribution is -1.86. The number of aliphatic imine (C=N–C) groups is 1. The topological polar surface area (TPSA) is 36.1 Å². The number of para-hydroxylation sites is 1. The third kappa shape index (κ3) is 2.34. The van der Waals surface area contributed by atoms with E-state index >= 15 is 0 Å². The highest BCUT2D eigenvalue weighted by atomic mass is 14.7. The molecular formula is C14H10N2. The summed E-state index contributed by atoms with van der Waals surface area (Å²) >= 11 is 0. The maximum absolute atomic E-state index is 8.90. The molecule has 0 atom stereocenters. The third-order valence-corrected chi connectivity index (χ3v) is 2.19. The molecule has 2 aromatic carbocycles. The first-order valence-corrected chi connectivity index (χ1v) is 4.98. The van der Waals surface area contributed by atoms with Gasteiger partial charge in [0.1, 0.15) is 0 Å². The van der Waals surface area contributed by atoms with Crippen molar-refractivity contribution in [2.24, 2.45) is 4.99 Å². The second kappa shape index (κ2) is 4.90. The first-order valence-electron chi connectivity index (χ1n) is 4.98. The van der Waals surface area contributed by atoms with E-state index in [4.69, 9.17) is 5.26 Å². The summed E-state index contributed by atoms with van der Waals surface area (Å²) in [5.74, 6) is 0. The summed E-state index contributed by atoms with van der Waals surface area (Å²) in [5, 5.41) is 8.90. The van der Waals surface area contributed by atoms with E-state index in [-0.39, 0.29) is 0 Å². The average molecular weight is 206 g/mol.